The summed E-state index contributed by atoms with van der Waals surface area (Å²) >= 11 is 0. The first-order chi connectivity index (χ1) is 15.2. The summed E-state index contributed by atoms with van der Waals surface area (Å²) in [5.41, 5.74) is 2.05. The van der Waals surface area contributed by atoms with Gasteiger partial charge in [0.15, 0.2) is 5.96 Å². The second-order valence-corrected chi connectivity index (χ2v) is 7.57. The lowest BCUT2D eigenvalue weighted by Gasteiger charge is -2.26. The molecular formula is C22H36N6O3. The van der Waals surface area contributed by atoms with Crippen LogP contribution in [-0.2, 0) is 31.2 Å². The van der Waals surface area contributed by atoms with Gasteiger partial charge >= 0.3 is 0 Å². The van der Waals surface area contributed by atoms with E-state index in [9.17, 15) is 0 Å². The molecule has 9 nitrogen and oxygen atoms in total. The van der Waals surface area contributed by atoms with E-state index in [1.807, 2.05) is 19.2 Å². The Balaban J connectivity index is 1.57. The van der Waals surface area contributed by atoms with Gasteiger partial charge in [0.25, 0.3) is 0 Å². The number of nitrogens with zero attached hydrogens (tertiary/aromatic N) is 4. The van der Waals surface area contributed by atoms with E-state index in [2.05, 4.69) is 27.6 Å². The Bertz CT molecular complexity index is 797. The molecule has 9 heteroatoms. The largest absolute Gasteiger partial charge is 0.481 e. The molecule has 0 atom stereocenters. The molecule has 2 aromatic heterocycles. The summed E-state index contributed by atoms with van der Waals surface area (Å²) in [6.45, 7) is 8.98. The van der Waals surface area contributed by atoms with Crippen LogP contribution in [0.5, 0.6) is 5.88 Å². The Kier molecular flexibility index (Phi) is 9.23. The lowest BCUT2D eigenvalue weighted by Crippen LogP contribution is -2.41. The van der Waals surface area contributed by atoms with E-state index in [1.165, 1.54) is 0 Å². The third-order valence-corrected chi connectivity index (χ3v) is 5.39. The van der Waals surface area contributed by atoms with Gasteiger partial charge in [0.1, 0.15) is 5.76 Å². The molecule has 1 fully saturated rings. The standard InChI is InChI=1S/C22H36N6O3/c1-4-20-19(21(29-3)27(2)26-20)17-25-22(24-10-8-18-7-5-14-31-18)23-9-6-11-28-12-15-30-16-13-28/h5,7,14H,4,6,8-13,15-17H2,1-3H3,(H2,23,24,25). The first-order valence-corrected chi connectivity index (χ1v) is 11.1. The highest BCUT2D eigenvalue weighted by molar-refractivity contribution is 5.79. The zero-order valence-corrected chi connectivity index (χ0v) is 19.0. The molecule has 0 bridgehead atoms. The van der Waals surface area contributed by atoms with Crippen molar-refractivity contribution in [3.8, 4) is 5.88 Å². The summed E-state index contributed by atoms with van der Waals surface area (Å²) < 4.78 is 18.2. The Morgan fingerprint density at radius 2 is 2.06 bits per heavy atom. The maximum absolute atomic E-state index is 5.55. The van der Waals surface area contributed by atoms with Gasteiger partial charge in [-0.1, -0.05) is 6.92 Å². The van der Waals surface area contributed by atoms with Crippen LogP contribution in [-0.4, -0.2) is 73.7 Å². The van der Waals surface area contributed by atoms with Gasteiger partial charge in [-0.2, -0.15) is 5.10 Å². The minimum absolute atomic E-state index is 0.514. The fraction of sp³-hybridized carbons (Fsp3) is 0.636. The molecule has 172 valence electrons. The minimum atomic E-state index is 0.514. The number of aliphatic imine (C=N–C) groups is 1. The number of methoxy groups -OCH3 is 1. The zero-order valence-electron chi connectivity index (χ0n) is 19.0. The van der Waals surface area contributed by atoms with Crippen LogP contribution in [0.15, 0.2) is 27.8 Å². The normalized spacial score (nSPS) is 15.3. The number of aromatic nitrogens is 2. The fourth-order valence-corrected chi connectivity index (χ4v) is 3.73. The summed E-state index contributed by atoms with van der Waals surface area (Å²) in [6, 6.07) is 3.90. The number of aryl methyl sites for hydroxylation is 2. The van der Waals surface area contributed by atoms with Gasteiger partial charge in [-0.25, -0.2) is 9.67 Å². The summed E-state index contributed by atoms with van der Waals surface area (Å²) in [7, 11) is 3.58. The van der Waals surface area contributed by atoms with Crippen molar-refractivity contribution in [2.75, 3.05) is 53.0 Å². The SMILES string of the molecule is CCc1nn(C)c(OC)c1CN=C(NCCCN1CCOCC1)NCCc1ccco1. The Morgan fingerprint density at radius 3 is 2.77 bits per heavy atom. The molecule has 0 radical (unpaired) electrons. The van der Waals surface area contributed by atoms with Crippen LogP contribution in [0.2, 0.25) is 0 Å². The van der Waals surface area contributed by atoms with Gasteiger partial charge in [0, 0.05) is 39.6 Å². The second kappa shape index (κ2) is 12.4. The van der Waals surface area contributed by atoms with Crippen molar-refractivity contribution in [2.45, 2.75) is 32.7 Å². The van der Waals surface area contributed by atoms with Crippen molar-refractivity contribution in [3.05, 3.63) is 35.4 Å². The predicted molar refractivity (Wildman–Crippen MR) is 121 cm³/mol. The van der Waals surface area contributed by atoms with E-state index in [1.54, 1.807) is 18.1 Å². The van der Waals surface area contributed by atoms with Gasteiger partial charge < -0.3 is 24.5 Å². The van der Waals surface area contributed by atoms with Crippen molar-refractivity contribution >= 4 is 5.96 Å². The third kappa shape index (κ3) is 7.00. The number of nitrogens with one attached hydrogen (secondary N) is 2. The van der Waals surface area contributed by atoms with E-state index in [0.717, 1.165) is 94.1 Å². The number of ether oxygens (including phenoxy) is 2. The molecule has 2 N–H and O–H groups in total. The number of hydrogen-bond acceptors (Lipinski definition) is 6. The molecule has 0 aromatic carbocycles. The monoisotopic (exact) mass is 432 g/mol. The van der Waals surface area contributed by atoms with Crippen LogP contribution < -0.4 is 15.4 Å². The maximum atomic E-state index is 5.55. The summed E-state index contributed by atoms with van der Waals surface area (Å²) in [4.78, 5) is 7.27. The first kappa shape index (κ1) is 23.1. The maximum Gasteiger partial charge on any atom is 0.216 e. The first-order valence-electron chi connectivity index (χ1n) is 11.1. The third-order valence-electron chi connectivity index (χ3n) is 5.39. The second-order valence-electron chi connectivity index (χ2n) is 7.57. The summed E-state index contributed by atoms with van der Waals surface area (Å²) in [5, 5.41) is 11.5. The van der Waals surface area contributed by atoms with Crippen LogP contribution in [0.4, 0.5) is 0 Å². The minimum Gasteiger partial charge on any atom is -0.481 e. The summed E-state index contributed by atoms with van der Waals surface area (Å²) in [5.74, 6) is 2.52. The molecule has 0 aliphatic carbocycles. The van der Waals surface area contributed by atoms with Crippen LogP contribution in [0.1, 0.15) is 30.4 Å². The van der Waals surface area contributed by atoms with Crippen molar-refractivity contribution < 1.29 is 13.9 Å². The van der Waals surface area contributed by atoms with Crippen LogP contribution in [0.25, 0.3) is 0 Å². The molecule has 0 unspecified atom stereocenters. The molecule has 0 spiro atoms. The van der Waals surface area contributed by atoms with Crippen molar-refractivity contribution in [1.29, 1.82) is 0 Å². The van der Waals surface area contributed by atoms with E-state index >= 15 is 0 Å². The van der Waals surface area contributed by atoms with Crippen molar-refractivity contribution in [3.63, 3.8) is 0 Å². The predicted octanol–water partition coefficient (Wildman–Crippen LogP) is 1.58. The molecule has 31 heavy (non-hydrogen) atoms. The molecule has 1 saturated heterocycles. The number of furan rings is 1. The van der Waals surface area contributed by atoms with Gasteiger partial charge in [-0.3, -0.25) is 4.90 Å². The molecule has 3 heterocycles. The molecule has 1 aliphatic rings. The molecule has 3 rings (SSSR count). The van der Waals surface area contributed by atoms with Gasteiger partial charge in [0.05, 0.1) is 44.4 Å². The average Bonchev–Trinajstić information content (AvgIpc) is 3.42. The number of morpholine rings is 1. The number of hydrogen-bond donors (Lipinski definition) is 2. The summed E-state index contributed by atoms with van der Waals surface area (Å²) in [6.07, 6.45) is 4.40. The highest BCUT2D eigenvalue weighted by Crippen LogP contribution is 2.22. The smallest absolute Gasteiger partial charge is 0.216 e. The van der Waals surface area contributed by atoms with E-state index in [0.29, 0.717) is 6.54 Å². The Hall–Kier alpha value is -2.52. The van der Waals surface area contributed by atoms with Crippen molar-refractivity contribution in [2.24, 2.45) is 12.0 Å². The Morgan fingerprint density at radius 1 is 1.26 bits per heavy atom. The van der Waals surface area contributed by atoms with Crippen molar-refractivity contribution in [1.82, 2.24) is 25.3 Å². The highest BCUT2D eigenvalue weighted by Gasteiger charge is 2.15. The topological polar surface area (TPSA) is 89.1 Å². The number of guanidine groups is 1. The number of rotatable bonds is 11. The van der Waals surface area contributed by atoms with E-state index < -0.39 is 0 Å². The van der Waals surface area contributed by atoms with Crippen LogP contribution in [0, 0.1) is 0 Å². The van der Waals surface area contributed by atoms with E-state index in [4.69, 9.17) is 18.9 Å². The molecule has 2 aromatic rings. The average molecular weight is 433 g/mol. The van der Waals surface area contributed by atoms with Crippen LogP contribution in [0.3, 0.4) is 0 Å². The molecular weight excluding hydrogens is 396 g/mol. The molecule has 0 saturated carbocycles. The zero-order chi connectivity index (χ0) is 21.9. The lowest BCUT2D eigenvalue weighted by molar-refractivity contribution is 0.0376. The van der Waals surface area contributed by atoms with Gasteiger partial charge in [-0.15, -0.1) is 0 Å². The van der Waals surface area contributed by atoms with Crippen LogP contribution >= 0.6 is 0 Å². The van der Waals surface area contributed by atoms with Gasteiger partial charge in [0.2, 0.25) is 5.88 Å². The Labute approximate surface area is 184 Å². The quantitative estimate of drug-likeness (QED) is 0.317. The van der Waals surface area contributed by atoms with E-state index in [-0.39, 0.29) is 0 Å². The molecule has 1 aliphatic heterocycles. The lowest BCUT2D eigenvalue weighted by atomic mass is 10.2. The molecule has 0 amide bonds. The fourth-order valence-electron chi connectivity index (χ4n) is 3.73. The highest BCUT2D eigenvalue weighted by atomic mass is 16.5. The van der Waals surface area contributed by atoms with Gasteiger partial charge in [-0.05, 0) is 31.5 Å².